The van der Waals surface area contributed by atoms with Crippen LogP contribution in [-0.2, 0) is 6.42 Å². The minimum atomic E-state index is -0.0203. The molecule has 2 aromatic rings. The molecule has 1 aliphatic heterocycles. The Morgan fingerprint density at radius 2 is 1.55 bits per heavy atom. The van der Waals surface area contributed by atoms with Crippen LogP contribution in [0.4, 0.5) is 0 Å². The second-order valence-electron chi connectivity index (χ2n) is 6.65. The first-order valence-corrected chi connectivity index (χ1v) is 9.36. The summed E-state index contributed by atoms with van der Waals surface area (Å²) >= 11 is 0. The van der Waals surface area contributed by atoms with Crippen LogP contribution in [0.2, 0.25) is 0 Å². The molecule has 1 aliphatic rings. The predicted molar refractivity (Wildman–Crippen MR) is 114 cm³/mol. The number of hydrogen-bond donors (Lipinski definition) is 0. The first-order chi connectivity index (χ1) is 13.7. The normalized spacial score (nSPS) is 14.1. The van der Waals surface area contributed by atoms with E-state index >= 15 is 0 Å². The molecule has 1 fully saturated rings. The molecular formula is C21H28ClN3O4. The maximum atomic E-state index is 13.0. The fourth-order valence-electron chi connectivity index (χ4n) is 3.40. The third-order valence-electron chi connectivity index (χ3n) is 5.04. The Morgan fingerprint density at radius 1 is 0.966 bits per heavy atom. The number of carbonyl (C=O) groups excluding carboxylic acids is 1. The minimum absolute atomic E-state index is 0. The van der Waals surface area contributed by atoms with Crippen LogP contribution in [0.5, 0.6) is 17.2 Å². The van der Waals surface area contributed by atoms with Crippen molar-refractivity contribution in [3.05, 3.63) is 47.8 Å². The van der Waals surface area contributed by atoms with E-state index in [1.54, 1.807) is 33.5 Å². The molecule has 3 rings (SSSR count). The van der Waals surface area contributed by atoms with Gasteiger partial charge in [-0.2, -0.15) is 0 Å². The molecule has 0 saturated carbocycles. The monoisotopic (exact) mass is 421 g/mol. The number of benzene rings is 1. The van der Waals surface area contributed by atoms with Crippen LogP contribution in [0, 0.1) is 0 Å². The van der Waals surface area contributed by atoms with Gasteiger partial charge in [-0.25, -0.2) is 0 Å². The highest BCUT2D eigenvalue weighted by atomic mass is 35.5. The Balaban J connectivity index is 0.00000300. The van der Waals surface area contributed by atoms with E-state index < -0.39 is 0 Å². The highest BCUT2D eigenvalue weighted by Gasteiger charge is 2.24. The fraction of sp³-hybridized carbons (Fsp3) is 0.429. The predicted octanol–water partition coefficient (Wildman–Crippen LogP) is 2.53. The third kappa shape index (κ3) is 5.52. The van der Waals surface area contributed by atoms with Crippen LogP contribution in [0.3, 0.4) is 0 Å². The molecule has 158 valence electrons. The molecule has 2 heterocycles. The number of ether oxygens (including phenoxy) is 3. The van der Waals surface area contributed by atoms with Gasteiger partial charge in [0.15, 0.2) is 11.5 Å². The molecule has 0 N–H and O–H groups in total. The van der Waals surface area contributed by atoms with Gasteiger partial charge in [0.25, 0.3) is 5.91 Å². The Labute approximate surface area is 178 Å². The van der Waals surface area contributed by atoms with Crippen molar-refractivity contribution in [3.8, 4) is 17.2 Å². The summed E-state index contributed by atoms with van der Waals surface area (Å²) in [4.78, 5) is 21.3. The van der Waals surface area contributed by atoms with Gasteiger partial charge in [0, 0.05) is 50.7 Å². The SMILES string of the molecule is COc1cc(C(=O)N2CCN(CCc3ccncc3)CC2)cc(OC)c1OC.Cl. The summed E-state index contributed by atoms with van der Waals surface area (Å²) in [7, 11) is 4.65. The van der Waals surface area contributed by atoms with Crippen molar-refractivity contribution in [2.24, 2.45) is 0 Å². The van der Waals surface area contributed by atoms with Gasteiger partial charge in [0.2, 0.25) is 5.75 Å². The van der Waals surface area contributed by atoms with E-state index in [0.29, 0.717) is 35.9 Å². The molecule has 8 heteroatoms. The molecular weight excluding hydrogens is 394 g/mol. The molecule has 1 saturated heterocycles. The summed E-state index contributed by atoms with van der Waals surface area (Å²) in [6.45, 7) is 4.11. The summed E-state index contributed by atoms with van der Waals surface area (Å²) in [6.07, 6.45) is 4.63. The number of halogens is 1. The first-order valence-electron chi connectivity index (χ1n) is 9.36. The lowest BCUT2D eigenvalue weighted by Gasteiger charge is -2.35. The van der Waals surface area contributed by atoms with Gasteiger partial charge >= 0.3 is 0 Å². The highest BCUT2D eigenvalue weighted by molar-refractivity contribution is 5.95. The van der Waals surface area contributed by atoms with E-state index in [1.165, 1.54) is 5.56 Å². The number of rotatable bonds is 7. The van der Waals surface area contributed by atoms with Gasteiger partial charge in [-0.3, -0.25) is 14.7 Å². The summed E-state index contributed by atoms with van der Waals surface area (Å²) in [5.41, 5.74) is 1.82. The number of methoxy groups -OCH3 is 3. The van der Waals surface area contributed by atoms with Crippen LogP contribution in [-0.4, -0.2) is 74.7 Å². The van der Waals surface area contributed by atoms with Gasteiger partial charge in [-0.05, 0) is 36.2 Å². The van der Waals surface area contributed by atoms with Crippen molar-refractivity contribution in [2.45, 2.75) is 6.42 Å². The zero-order chi connectivity index (χ0) is 19.9. The van der Waals surface area contributed by atoms with Crippen molar-refractivity contribution < 1.29 is 19.0 Å². The van der Waals surface area contributed by atoms with E-state index in [0.717, 1.165) is 26.1 Å². The lowest BCUT2D eigenvalue weighted by atomic mass is 10.1. The zero-order valence-corrected chi connectivity index (χ0v) is 17.9. The zero-order valence-electron chi connectivity index (χ0n) is 17.1. The van der Waals surface area contributed by atoms with E-state index in [9.17, 15) is 4.79 Å². The van der Waals surface area contributed by atoms with E-state index in [1.807, 2.05) is 29.4 Å². The Bertz CT molecular complexity index is 771. The van der Waals surface area contributed by atoms with Crippen molar-refractivity contribution in [1.29, 1.82) is 0 Å². The van der Waals surface area contributed by atoms with E-state index in [-0.39, 0.29) is 18.3 Å². The molecule has 0 bridgehead atoms. The number of carbonyl (C=O) groups is 1. The Kier molecular flexibility index (Phi) is 8.54. The van der Waals surface area contributed by atoms with Crippen molar-refractivity contribution in [2.75, 3.05) is 54.1 Å². The van der Waals surface area contributed by atoms with Crippen molar-refractivity contribution >= 4 is 18.3 Å². The number of aromatic nitrogens is 1. The average Bonchev–Trinajstić information content (AvgIpc) is 2.77. The number of pyridine rings is 1. The van der Waals surface area contributed by atoms with Crippen LogP contribution >= 0.6 is 12.4 Å². The highest BCUT2D eigenvalue weighted by Crippen LogP contribution is 2.38. The summed E-state index contributed by atoms with van der Waals surface area (Å²) < 4.78 is 16.0. The van der Waals surface area contributed by atoms with Gasteiger partial charge in [0.05, 0.1) is 21.3 Å². The largest absolute Gasteiger partial charge is 0.493 e. The molecule has 0 aliphatic carbocycles. The van der Waals surface area contributed by atoms with Gasteiger partial charge in [-0.15, -0.1) is 12.4 Å². The van der Waals surface area contributed by atoms with Gasteiger partial charge in [-0.1, -0.05) is 0 Å². The number of amides is 1. The summed E-state index contributed by atoms with van der Waals surface area (Å²) in [5, 5.41) is 0. The third-order valence-corrected chi connectivity index (χ3v) is 5.04. The molecule has 7 nitrogen and oxygen atoms in total. The molecule has 0 atom stereocenters. The molecule has 0 radical (unpaired) electrons. The van der Waals surface area contributed by atoms with Gasteiger partial charge in [0.1, 0.15) is 0 Å². The second-order valence-corrected chi connectivity index (χ2v) is 6.65. The molecule has 1 aromatic carbocycles. The number of piperazine rings is 1. The quantitative estimate of drug-likeness (QED) is 0.684. The Hall–Kier alpha value is -2.51. The molecule has 1 aromatic heterocycles. The van der Waals surface area contributed by atoms with Crippen molar-refractivity contribution in [3.63, 3.8) is 0 Å². The summed E-state index contributed by atoms with van der Waals surface area (Å²) in [5.74, 6) is 1.44. The lowest BCUT2D eigenvalue weighted by molar-refractivity contribution is 0.0637. The van der Waals surface area contributed by atoms with E-state index in [4.69, 9.17) is 14.2 Å². The van der Waals surface area contributed by atoms with Gasteiger partial charge < -0.3 is 19.1 Å². The standard InChI is InChI=1S/C21H27N3O4.ClH/c1-26-18-14-17(15-19(27-2)20(18)28-3)21(25)24-12-10-23(11-13-24)9-6-16-4-7-22-8-5-16;/h4-5,7-8,14-15H,6,9-13H2,1-3H3;1H. The minimum Gasteiger partial charge on any atom is -0.493 e. The fourth-order valence-corrected chi connectivity index (χ4v) is 3.40. The maximum Gasteiger partial charge on any atom is 0.254 e. The first kappa shape index (κ1) is 22.8. The lowest BCUT2D eigenvalue weighted by Crippen LogP contribution is -2.49. The number of nitrogens with zero attached hydrogens (tertiary/aromatic N) is 3. The molecule has 29 heavy (non-hydrogen) atoms. The number of hydrogen-bond acceptors (Lipinski definition) is 6. The topological polar surface area (TPSA) is 64.1 Å². The van der Waals surface area contributed by atoms with Crippen LogP contribution < -0.4 is 14.2 Å². The summed E-state index contributed by atoms with van der Waals surface area (Å²) in [6, 6.07) is 7.51. The molecule has 0 unspecified atom stereocenters. The molecule has 0 spiro atoms. The van der Waals surface area contributed by atoms with E-state index in [2.05, 4.69) is 9.88 Å². The van der Waals surface area contributed by atoms with Crippen LogP contribution in [0.15, 0.2) is 36.7 Å². The second kappa shape index (κ2) is 10.9. The molecule has 1 amide bonds. The van der Waals surface area contributed by atoms with Crippen molar-refractivity contribution in [1.82, 2.24) is 14.8 Å². The van der Waals surface area contributed by atoms with Crippen LogP contribution in [0.1, 0.15) is 15.9 Å². The van der Waals surface area contributed by atoms with Crippen LogP contribution in [0.25, 0.3) is 0 Å². The maximum absolute atomic E-state index is 13.0. The average molecular weight is 422 g/mol. The Morgan fingerprint density at radius 3 is 2.07 bits per heavy atom. The smallest absolute Gasteiger partial charge is 0.254 e.